The van der Waals surface area contributed by atoms with Gasteiger partial charge in [0.2, 0.25) is 0 Å². The lowest BCUT2D eigenvalue weighted by Crippen LogP contribution is -2.11. The Labute approximate surface area is 199 Å². The Kier molecular flexibility index (Phi) is 7.28. The number of rotatable bonds is 3. The molecule has 0 radical (unpaired) electrons. The minimum Gasteiger partial charge on any atom is -0.423 e. The number of nitrogen functional groups attached to an aromatic ring is 1. The number of aryl methyl sites for hydroxylation is 4. The van der Waals surface area contributed by atoms with E-state index in [-0.39, 0.29) is 16.7 Å². The number of nitrogens with one attached hydrogen (secondary N) is 1. The zero-order valence-corrected chi connectivity index (χ0v) is 20.1. The largest absolute Gasteiger partial charge is 0.423 e. The van der Waals surface area contributed by atoms with E-state index >= 15 is 0 Å². The van der Waals surface area contributed by atoms with Gasteiger partial charge in [0.15, 0.2) is 0 Å². The second kappa shape index (κ2) is 9.85. The van der Waals surface area contributed by atoms with Crippen LogP contribution in [-0.4, -0.2) is 6.54 Å². The first-order chi connectivity index (χ1) is 16.4. The number of alkyl halides is 3. The van der Waals surface area contributed by atoms with Gasteiger partial charge in [0, 0.05) is 35.1 Å². The van der Waals surface area contributed by atoms with Crippen molar-refractivity contribution in [1.82, 2.24) is 0 Å². The average Bonchev–Trinajstić information content (AvgIpc) is 2.78. The van der Waals surface area contributed by atoms with Gasteiger partial charge in [-0.2, -0.15) is 13.2 Å². The Hall–Kier alpha value is -3.75. The fourth-order valence-electron chi connectivity index (χ4n) is 3.87. The van der Waals surface area contributed by atoms with Crippen LogP contribution < -0.4 is 22.3 Å². The van der Waals surface area contributed by atoms with Crippen LogP contribution in [0.4, 0.5) is 24.5 Å². The van der Waals surface area contributed by atoms with Crippen LogP contribution in [0.3, 0.4) is 0 Å². The van der Waals surface area contributed by atoms with E-state index in [1.807, 2.05) is 26.0 Å². The van der Waals surface area contributed by atoms with Crippen molar-refractivity contribution in [3.63, 3.8) is 0 Å². The van der Waals surface area contributed by atoms with Crippen molar-refractivity contribution in [3.05, 3.63) is 79.0 Å². The zero-order valence-electron chi connectivity index (χ0n) is 20.1. The third-order valence-corrected chi connectivity index (χ3v) is 5.81. The normalized spacial score (nSPS) is 11.4. The first-order valence-electron chi connectivity index (χ1n) is 11.1. The van der Waals surface area contributed by atoms with Crippen molar-refractivity contribution in [2.24, 2.45) is 0 Å². The van der Waals surface area contributed by atoms with E-state index in [2.05, 4.69) is 19.2 Å². The van der Waals surface area contributed by atoms with Gasteiger partial charge in [0.1, 0.15) is 16.9 Å². The summed E-state index contributed by atoms with van der Waals surface area (Å²) in [6.07, 6.45) is -3.66. The van der Waals surface area contributed by atoms with Gasteiger partial charge in [-0.05, 0) is 74.6 Å². The van der Waals surface area contributed by atoms with E-state index < -0.39 is 23.0 Å². The molecule has 186 valence electrons. The highest BCUT2D eigenvalue weighted by Crippen LogP contribution is 2.35. The molecule has 0 aliphatic heterocycles. The van der Waals surface area contributed by atoms with Crippen molar-refractivity contribution in [3.8, 4) is 0 Å². The first kappa shape index (κ1) is 25.9. The van der Waals surface area contributed by atoms with Crippen molar-refractivity contribution in [1.29, 1.82) is 0 Å². The molecule has 4 aromatic rings. The Balaban J connectivity index is 0.000000198. The number of nitrogens with two attached hydrogens (primary N) is 1. The summed E-state index contributed by atoms with van der Waals surface area (Å²) in [6, 6.07) is 7.24. The SMILES string of the molecule is CCNc1cc2oc(=O)cc(C(F)(F)F)c2cc1C.CCc1cc2oc(=O)c(N)c(C)c2cc1C. The molecule has 0 fully saturated rings. The van der Waals surface area contributed by atoms with Gasteiger partial charge in [-0.1, -0.05) is 6.92 Å². The van der Waals surface area contributed by atoms with Crippen molar-refractivity contribution < 1.29 is 22.0 Å². The minimum atomic E-state index is -4.58. The van der Waals surface area contributed by atoms with Crippen molar-refractivity contribution in [2.45, 2.75) is 47.2 Å². The second-order valence-electron chi connectivity index (χ2n) is 8.23. The minimum absolute atomic E-state index is 0.0682. The molecule has 0 bridgehead atoms. The van der Waals surface area contributed by atoms with Crippen LogP contribution in [0.1, 0.15) is 41.7 Å². The maximum atomic E-state index is 12.9. The standard InChI is InChI=1S/C13H12F3NO2.C13H15NO2/c1-3-17-10-6-11-8(4-7(10)2)9(13(14,15)16)5-12(18)19-11;1-4-9-6-11-10(5-7(9)2)8(3)12(14)13(15)16-11/h4-6,17H,3H2,1-2H3;5-6H,4,14H2,1-3H3. The summed E-state index contributed by atoms with van der Waals surface area (Å²) in [6.45, 7) is 10.2. The molecule has 0 aliphatic carbocycles. The van der Waals surface area contributed by atoms with Crippen LogP contribution in [-0.2, 0) is 12.6 Å². The maximum Gasteiger partial charge on any atom is 0.417 e. The molecule has 3 N–H and O–H groups in total. The average molecular weight is 489 g/mol. The molecule has 9 heteroatoms. The van der Waals surface area contributed by atoms with Crippen LogP contribution in [0.15, 0.2) is 48.8 Å². The molecule has 2 aromatic heterocycles. The number of anilines is 2. The maximum absolute atomic E-state index is 12.9. The van der Waals surface area contributed by atoms with Crippen LogP contribution in [0, 0.1) is 20.8 Å². The lowest BCUT2D eigenvalue weighted by molar-refractivity contribution is -0.136. The molecule has 4 rings (SSSR count). The second-order valence-corrected chi connectivity index (χ2v) is 8.23. The van der Waals surface area contributed by atoms with Crippen LogP contribution in [0.25, 0.3) is 21.9 Å². The van der Waals surface area contributed by atoms with E-state index in [0.717, 1.165) is 17.4 Å². The number of hydrogen-bond acceptors (Lipinski definition) is 6. The molecule has 0 amide bonds. The molecular formula is C26H27F3N2O4. The smallest absolute Gasteiger partial charge is 0.417 e. The van der Waals surface area contributed by atoms with E-state index in [4.69, 9.17) is 14.6 Å². The lowest BCUT2D eigenvalue weighted by Gasteiger charge is -2.12. The summed E-state index contributed by atoms with van der Waals surface area (Å²) < 4.78 is 48.7. The summed E-state index contributed by atoms with van der Waals surface area (Å²) in [5.74, 6) is 0. The molecule has 0 spiro atoms. The van der Waals surface area contributed by atoms with Gasteiger partial charge in [0.25, 0.3) is 0 Å². The Morgan fingerprint density at radius 3 is 2.11 bits per heavy atom. The van der Waals surface area contributed by atoms with Crippen molar-refractivity contribution in [2.75, 3.05) is 17.6 Å². The highest BCUT2D eigenvalue weighted by atomic mass is 19.4. The number of halogens is 3. The highest BCUT2D eigenvalue weighted by Gasteiger charge is 2.34. The number of benzene rings is 2. The van der Waals surface area contributed by atoms with E-state index in [9.17, 15) is 22.8 Å². The lowest BCUT2D eigenvalue weighted by atomic mass is 10.0. The third-order valence-electron chi connectivity index (χ3n) is 5.81. The van der Waals surface area contributed by atoms with Crippen LogP contribution >= 0.6 is 0 Å². The Morgan fingerprint density at radius 1 is 0.886 bits per heavy atom. The molecule has 0 unspecified atom stereocenters. The fourth-order valence-corrected chi connectivity index (χ4v) is 3.87. The summed E-state index contributed by atoms with van der Waals surface area (Å²) in [5.41, 5.74) is 8.51. The fraction of sp³-hybridized carbons (Fsp3) is 0.308. The van der Waals surface area contributed by atoms with E-state index in [1.165, 1.54) is 23.3 Å². The predicted octanol–water partition coefficient (Wildman–Crippen LogP) is 6.11. The van der Waals surface area contributed by atoms with Gasteiger partial charge in [-0.3, -0.25) is 0 Å². The van der Waals surface area contributed by atoms with Gasteiger partial charge >= 0.3 is 17.4 Å². The van der Waals surface area contributed by atoms with E-state index in [1.54, 1.807) is 6.92 Å². The summed E-state index contributed by atoms with van der Waals surface area (Å²) in [4.78, 5) is 22.7. The van der Waals surface area contributed by atoms with Gasteiger partial charge in [0.05, 0.1) is 5.56 Å². The highest BCUT2D eigenvalue weighted by molar-refractivity contribution is 5.86. The monoisotopic (exact) mass is 488 g/mol. The molecular weight excluding hydrogens is 461 g/mol. The first-order valence-corrected chi connectivity index (χ1v) is 11.1. The molecule has 35 heavy (non-hydrogen) atoms. The van der Waals surface area contributed by atoms with Crippen LogP contribution in [0.5, 0.6) is 0 Å². The van der Waals surface area contributed by atoms with Crippen molar-refractivity contribution >= 4 is 33.3 Å². The molecule has 2 aromatic carbocycles. The molecule has 0 aliphatic rings. The van der Waals surface area contributed by atoms with Crippen LogP contribution in [0.2, 0.25) is 0 Å². The Bertz CT molecular complexity index is 1520. The molecule has 2 heterocycles. The number of hydrogen-bond donors (Lipinski definition) is 2. The summed E-state index contributed by atoms with van der Waals surface area (Å²) in [7, 11) is 0. The van der Waals surface area contributed by atoms with Gasteiger partial charge in [-0.15, -0.1) is 0 Å². The predicted molar refractivity (Wildman–Crippen MR) is 132 cm³/mol. The molecule has 6 nitrogen and oxygen atoms in total. The summed E-state index contributed by atoms with van der Waals surface area (Å²) in [5, 5.41) is 3.82. The quantitative estimate of drug-likeness (QED) is 0.338. The van der Waals surface area contributed by atoms with Gasteiger partial charge in [-0.25, -0.2) is 9.59 Å². The Morgan fingerprint density at radius 2 is 1.51 bits per heavy atom. The molecule has 0 atom stereocenters. The molecule has 0 saturated carbocycles. The van der Waals surface area contributed by atoms with Gasteiger partial charge < -0.3 is 19.9 Å². The third kappa shape index (κ3) is 5.34. The topological polar surface area (TPSA) is 98.5 Å². The molecule has 0 saturated heterocycles. The number of fused-ring (bicyclic) bond motifs is 2. The van der Waals surface area contributed by atoms with E-state index in [0.29, 0.717) is 29.4 Å². The summed E-state index contributed by atoms with van der Waals surface area (Å²) >= 11 is 0. The zero-order chi connectivity index (χ0) is 26.1.